The van der Waals surface area contributed by atoms with E-state index in [4.69, 9.17) is 9.47 Å². The van der Waals surface area contributed by atoms with Gasteiger partial charge in [-0.2, -0.15) is 0 Å². The summed E-state index contributed by atoms with van der Waals surface area (Å²) in [6.07, 6.45) is 2.64. The average Bonchev–Trinajstić information content (AvgIpc) is 3.63. The van der Waals surface area contributed by atoms with Crippen molar-refractivity contribution in [2.24, 2.45) is 11.8 Å². The number of nitrogens with one attached hydrogen (secondary N) is 4. The molecule has 0 fully saturated rings. The molecule has 2 amide bonds. The molecule has 0 aliphatic carbocycles. The molecule has 4 N–H and O–H groups in total. The predicted molar refractivity (Wildman–Crippen MR) is 181 cm³/mol. The molecule has 10 nitrogen and oxygen atoms in total. The van der Waals surface area contributed by atoms with Gasteiger partial charge in [0.05, 0.1) is 35.9 Å². The zero-order valence-corrected chi connectivity index (χ0v) is 28.6. The first-order chi connectivity index (χ1) is 21.5. The van der Waals surface area contributed by atoms with E-state index in [2.05, 4.69) is 79.1 Å². The zero-order chi connectivity index (χ0) is 33.8. The first-order valence-electron chi connectivity index (χ1n) is 15.8. The Morgan fingerprint density at radius 2 is 0.891 bits per heavy atom. The molecule has 0 spiro atoms. The van der Waals surface area contributed by atoms with E-state index in [1.165, 1.54) is 0 Å². The molecule has 0 saturated heterocycles. The Balaban J connectivity index is 1.44. The quantitative estimate of drug-likeness (QED) is 0.147. The van der Waals surface area contributed by atoms with E-state index in [-0.39, 0.29) is 23.9 Å². The molecule has 4 rings (SSSR count). The van der Waals surface area contributed by atoms with Crippen LogP contribution in [0.25, 0.3) is 33.6 Å². The topological polar surface area (TPSA) is 134 Å². The summed E-state index contributed by atoms with van der Waals surface area (Å²) in [6, 6.07) is 15.9. The van der Waals surface area contributed by atoms with Crippen molar-refractivity contribution in [3.05, 3.63) is 72.6 Å². The average molecular weight is 629 g/mol. The van der Waals surface area contributed by atoms with Crippen molar-refractivity contribution in [1.29, 1.82) is 0 Å². The highest BCUT2D eigenvalue weighted by Crippen LogP contribution is 2.29. The van der Waals surface area contributed by atoms with Gasteiger partial charge >= 0.3 is 12.2 Å². The van der Waals surface area contributed by atoms with Crippen LogP contribution in [0.15, 0.2) is 60.9 Å². The lowest BCUT2D eigenvalue weighted by molar-refractivity contribution is 0.0475. The monoisotopic (exact) mass is 628 g/mol. The van der Waals surface area contributed by atoms with Crippen molar-refractivity contribution < 1.29 is 19.1 Å². The van der Waals surface area contributed by atoms with Crippen molar-refractivity contribution in [2.75, 3.05) is 0 Å². The first-order valence-corrected chi connectivity index (χ1v) is 15.8. The summed E-state index contributed by atoms with van der Waals surface area (Å²) < 4.78 is 10.9. The van der Waals surface area contributed by atoms with Gasteiger partial charge in [0.2, 0.25) is 0 Å². The summed E-state index contributed by atoms with van der Waals surface area (Å²) >= 11 is 0. The number of benzene rings is 2. The van der Waals surface area contributed by atoms with Gasteiger partial charge in [0.1, 0.15) is 22.9 Å². The lowest BCUT2D eigenvalue weighted by Gasteiger charge is -2.24. The fraction of sp³-hybridized carbons (Fsp3) is 0.444. The zero-order valence-electron chi connectivity index (χ0n) is 28.6. The number of nitrogens with zero attached hydrogens (tertiary/aromatic N) is 2. The summed E-state index contributed by atoms with van der Waals surface area (Å²) in [5.41, 5.74) is 4.70. The van der Waals surface area contributed by atoms with E-state index >= 15 is 0 Å². The number of hydrogen-bond acceptors (Lipinski definition) is 6. The molecule has 2 heterocycles. The summed E-state index contributed by atoms with van der Waals surface area (Å²) in [5.74, 6) is 1.57. The molecule has 0 bridgehead atoms. The number of H-pyrrole nitrogens is 2. The molecular formula is C36H48N6O4. The standard InChI is InChI=1S/C36H48N6O4/c1-21(2)29(41-33(43)45-35(5,6)7)31-37-19-27(39-31)25-15-11-23(12-16-25)24-13-17-26(18-14-24)28-20-38-32(40-28)30(22(3)4)42-34(44)46-36(8,9)10/h11-22,29-30H,1-10H3,(H,37,39)(H,38,40)(H,41,43)(H,42,44). The number of ether oxygens (including phenoxy) is 2. The van der Waals surface area contributed by atoms with Crippen LogP contribution in [0.2, 0.25) is 0 Å². The Labute approximate surface area is 272 Å². The highest BCUT2D eigenvalue weighted by molar-refractivity contribution is 5.72. The van der Waals surface area contributed by atoms with Crippen LogP contribution >= 0.6 is 0 Å². The molecule has 0 radical (unpaired) electrons. The normalized spacial score (nSPS) is 13.4. The Kier molecular flexibility index (Phi) is 10.3. The number of aromatic amines is 2. The van der Waals surface area contributed by atoms with Gasteiger partial charge in [0, 0.05) is 0 Å². The van der Waals surface area contributed by atoms with Crippen molar-refractivity contribution in [2.45, 2.75) is 92.5 Å². The van der Waals surface area contributed by atoms with E-state index < -0.39 is 23.4 Å². The minimum absolute atomic E-state index is 0.107. The van der Waals surface area contributed by atoms with Gasteiger partial charge in [0.25, 0.3) is 0 Å². The lowest BCUT2D eigenvalue weighted by atomic mass is 10.0. The molecule has 46 heavy (non-hydrogen) atoms. The van der Waals surface area contributed by atoms with Crippen molar-refractivity contribution >= 4 is 12.2 Å². The maximum absolute atomic E-state index is 12.4. The van der Waals surface area contributed by atoms with E-state index in [0.717, 1.165) is 33.6 Å². The van der Waals surface area contributed by atoms with Gasteiger partial charge in [-0.1, -0.05) is 76.2 Å². The molecule has 0 aliphatic rings. The van der Waals surface area contributed by atoms with E-state index in [1.54, 1.807) is 12.4 Å². The molecule has 2 unspecified atom stereocenters. The number of carbonyl (C=O) groups excluding carboxylic acids is 2. The highest BCUT2D eigenvalue weighted by atomic mass is 16.6. The number of rotatable bonds is 9. The summed E-state index contributed by atoms with van der Waals surface area (Å²) in [4.78, 5) is 40.8. The Morgan fingerprint density at radius 1 is 0.587 bits per heavy atom. The second kappa shape index (κ2) is 13.8. The second-order valence-corrected chi connectivity index (χ2v) is 14.3. The second-order valence-electron chi connectivity index (χ2n) is 14.3. The minimum atomic E-state index is -0.579. The molecule has 4 aromatic rings. The third kappa shape index (κ3) is 9.22. The van der Waals surface area contributed by atoms with Gasteiger partial charge in [-0.05, 0) is 75.6 Å². The summed E-state index contributed by atoms with van der Waals surface area (Å²) in [6.45, 7) is 19.2. The molecule has 2 atom stereocenters. The number of alkyl carbamates (subject to hydrolysis) is 2. The Morgan fingerprint density at radius 3 is 1.17 bits per heavy atom. The molecule has 0 aliphatic heterocycles. The molecule has 2 aromatic heterocycles. The number of hydrogen-bond donors (Lipinski definition) is 4. The van der Waals surface area contributed by atoms with Crippen LogP contribution in [0.4, 0.5) is 9.59 Å². The molecule has 10 heteroatoms. The van der Waals surface area contributed by atoms with Crippen LogP contribution in [0.1, 0.15) is 93.0 Å². The van der Waals surface area contributed by atoms with E-state index in [1.807, 2.05) is 69.2 Å². The van der Waals surface area contributed by atoms with Crippen molar-refractivity contribution in [3.63, 3.8) is 0 Å². The van der Waals surface area contributed by atoms with Crippen LogP contribution < -0.4 is 10.6 Å². The van der Waals surface area contributed by atoms with Gasteiger partial charge in [0.15, 0.2) is 0 Å². The number of aromatic nitrogens is 4. The first kappa shape index (κ1) is 34.3. The van der Waals surface area contributed by atoms with Gasteiger partial charge in [-0.3, -0.25) is 0 Å². The summed E-state index contributed by atoms with van der Waals surface area (Å²) in [7, 11) is 0. The maximum Gasteiger partial charge on any atom is 0.408 e. The van der Waals surface area contributed by atoms with E-state index in [9.17, 15) is 9.59 Å². The Bertz CT molecular complexity index is 1480. The van der Waals surface area contributed by atoms with Crippen LogP contribution in [0.5, 0.6) is 0 Å². The van der Waals surface area contributed by atoms with Crippen molar-refractivity contribution in [1.82, 2.24) is 30.6 Å². The van der Waals surface area contributed by atoms with E-state index in [0.29, 0.717) is 11.6 Å². The number of imidazole rings is 2. The van der Waals surface area contributed by atoms with Crippen molar-refractivity contribution in [3.8, 4) is 33.6 Å². The predicted octanol–water partition coefficient (Wildman–Crippen LogP) is 8.58. The smallest absolute Gasteiger partial charge is 0.408 e. The van der Waals surface area contributed by atoms with Crippen LogP contribution in [-0.4, -0.2) is 43.3 Å². The maximum atomic E-state index is 12.4. The minimum Gasteiger partial charge on any atom is -0.444 e. The van der Waals surface area contributed by atoms with Gasteiger partial charge in [-0.15, -0.1) is 0 Å². The molecule has 246 valence electrons. The van der Waals surface area contributed by atoms with Crippen LogP contribution in [0.3, 0.4) is 0 Å². The summed E-state index contributed by atoms with van der Waals surface area (Å²) in [5, 5.41) is 5.89. The van der Waals surface area contributed by atoms with Gasteiger partial charge in [-0.25, -0.2) is 19.6 Å². The highest BCUT2D eigenvalue weighted by Gasteiger charge is 2.26. The number of carbonyl (C=O) groups is 2. The molecule has 2 aromatic carbocycles. The van der Waals surface area contributed by atoms with Gasteiger partial charge < -0.3 is 30.1 Å². The molecular weight excluding hydrogens is 580 g/mol. The number of amides is 2. The fourth-order valence-corrected chi connectivity index (χ4v) is 4.94. The third-order valence-electron chi connectivity index (χ3n) is 7.18. The largest absolute Gasteiger partial charge is 0.444 e. The Hall–Kier alpha value is -4.60. The van der Waals surface area contributed by atoms with Crippen LogP contribution in [-0.2, 0) is 9.47 Å². The fourth-order valence-electron chi connectivity index (χ4n) is 4.94. The molecule has 0 saturated carbocycles. The lowest BCUT2D eigenvalue weighted by Crippen LogP contribution is -2.37. The van der Waals surface area contributed by atoms with Crippen LogP contribution in [0, 0.1) is 11.8 Å². The third-order valence-corrected chi connectivity index (χ3v) is 7.18. The SMILES string of the molecule is CC(C)C(NC(=O)OC(C)(C)C)c1ncc(-c2ccc(-c3ccc(-c4cnc(C(NC(=O)OC(C)(C)C)C(C)C)[nH]4)cc3)cc2)[nH]1.